The number of hydrogen-bond acceptors (Lipinski definition) is 5. The van der Waals surface area contributed by atoms with E-state index in [4.69, 9.17) is 4.74 Å². The van der Waals surface area contributed by atoms with Gasteiger partial charge >= 0.3 is 0 Å². The molecule has 0 fully saturated rings. The molecule has 8 nitrogen and oxygen atoms in total. The molecule has 0 aliphatic carbocycles. The summed E-state index contributed by atoms with van der Waals surface area (Å²) in [5.74, 6) is -1.15. The van der Waals surface area contributed by atoms with E-state index in [0.717, 1.165) is 10.5 Å². The fourth-order valence-corrected chi connectivity index (χ4v) is 4.53. The van der Waals surface area contributed by atoms with E-state index in [1.165, 1.54) is 6.92 Å². The summed E-state index contributed by atoms with van der Waals surface area (Å²) in [5, 5.41) is 2.77. The van der Waals surface area contributed by atoms with Crippen LogP contribution in [0.15, 0.2) is 72.8 Å². The minimum Gasteiger partial charge on any atom is -0.479 e. The van der Waals surface area contributed by atoms with Gasteiger partial charge in [0.05, 0.1) is 16.8 Å². The SMILES string of the molecule is CC1Oc2cc(NC(=O)C(C)N3C(=O)c4ccccc4C3=O)ccc2N(CCc2ccccc2)C1=O. The molecular weight excluding hydrogens is 458 g/mol. The molecule has 0 aromatic heterocycles. The van der Waals surface area contributed by atoms with Crippen molar-refractivity contribution in [2.45, 2.75) is 32.4 Å². The highest BCUT2D eigenvalue weighted by Crippen LogP contribution is 2.36. The fourth-order valence-electron chi connectivity index (χ4n) is 4.53. The average molecular weight is 484 g/mol. The second kappa shape index (κ2) is 9.30. The Morgan fingerprint density at radius 1 is 0.944 bits per heavy atom. The molecule has 2 atom stereocenters. The molecule has 182 valence electrons. The van der Waals surface area contributed by atoms with Gasteiger partial charge in [0.25, 0.3) is 17.7 Å². The normalized spacial score (nSPS) is 17.4. The van der Waals surface area contributed by atoms with Gasteiger partial charge in [-0.3, -0.25) is 24.1 Å². The highest BCUT2D eigenvalue weighted by Gasteiger charge is 2.40. The Morgan fingerprint density at radius 2 is 1.58 bits per heavy atom. The van der Waals surface area contributed by atoms with Gasteiger partial charge in [0.15, 0.2) is 6.10 Å². The number of amides is 4. The third-order valence-electron chi connectivity index (χ3n) is 6.49. The standard InChI is InChI=1S/C28H25N3O5/c1-17(31-27(34)21-10-6-7-11-22(21)28(31)35)25(32)29-20-12-13-23-24(16-20)36-18(2)26(33)30(23)15-14-19-8-4-3-5-9-19/h3-13,16-18H,14-15H2,1-2H3,(H,29,32). The number of hydrogen-bond donors (Lipinski definition) is 1. The van der Waals surface area contributed by atoms with Crippen molar-refractivity contribution in [2.24, 2.45) is 0 Å². The Hall–Kier alpha value is -4.46. The topological polar surface area (TPSA) is 96.0 Å². The number of imide groups is 1. The first-order chi connectivity index (χ1) is 17.3. The molecule has 36 heavy (non-hydrogen) atoms. The van der Waals surface area contributed by atoms with Gasteiger partial charge in [0, 0.05) is 18.3 Å². The van der Waals surface area contributed by atoms with Gasteiger partial charge in [0.2, 0.25) is 5.91 Å². The summed E-state index contributed by atoms with van der Waals surface area (Å²) in [5.41, 5.74) is 2.77. The number of carbonyl (C=O) groups is 4. The molecule has 2 aliphatic heterocycles. The summed E-state index contributed by atoms with van der Waals surface area (Å²) >= 11 is 0. The van der Waals surface area contributed by atoms with Crippen molar-refractivity contribution in [1.29, 1.82) is 0 Å². The lowest BCUT2D eigenvalue weighted by atomic mass is 10.1. The number of nitrogens with one attached hydrogen (secondary N) is 1. The lowest BCUT2D eigenvalue weighted by Gasteiger charge is -2.33. The van der Waals surface area contributed by atoms with Crippen LogP contribution in [0.1, 0.15) is 40.1 Å². The van der Waals surface area contributed by atoms with Crippen LogP contribution in [0, 0.1) is 0 Å². The smallest absolute Gasteiger partial charge is 0.267 e. The van der Waals surface area contributed by atoms with Crippen molar-refractivity contribution in [2.75, 3.05) is 16.8 Å². The van der Waals surface area contributed by atoms with Crippen LogP contribution in [0.4, 0.5) is 11.4 Å². The molecule has 3 aromatic carbocycles. The summed E-state index contributed by atoms with van der Waals surface area (Å²) in [6.45, 7) is 3.69. The molecule has 0 radical (unpaired) electrons. The van der Waals surface area contributed by atoms with E-state index in [1.54, 1.807) is 54.3 Å². The quantitative estimate of drug-likeness (QED) is 0.540. The lowest BCUT2D eigenvalue weighted by Crippen LogP contribution is -2.46. The third kappa shape index (κ3) is 4.11. The lowest BCUT2D eigenvalue weighted by molar-refractivity contribution is -0.125. The Bertz CT molecular complexity index is 1340. The minimum absolute atomic E-state index is 0.130. The maximum Gasteiger partial charge on any atom is 0.267 e. The number of anilines is 2. The maximum atomic E-state index is 13.0. The molecule has 0 saturated heterocycles. The van der Waals surface area contributed by atoms with Crippen LogP contribution in [0.25, 0.3) is 0 Å². The fraction of sp³-hybridized carbons (Fsp3) is 0.214. The summed E-state index contributed by atoms with van der Waals surface area (Å²) < 4.78 is 5.82. The van der Waals surface area contributed by atoms with E-state index in [2.05, 4.69) is 5.32 Å². The molecule has 0 bridgehead atoms. The van der Waals surface area contributed by atoms with Crippen LogP contribution in [0.2, 0.25) is 0 Å². The second-order valence-corrected chi connectivity index (χ2v) is 8.86. The predicted molar refractivity (Wildman–Crippen MR) is 134 cm³/mol. The van der Waals surface area contributed by atoms with Crippen LogP contribution in [0.3, 0.4) is 0 Å². The highest BCUT2D eigenvalue weighted by atomic mass is 16.5. The van der Waals surface area contributed by atoms with Crippen molar-refractivity contribution in [3.63, 3.8) is 0 Å². The van der Waals surface area contributed by atoms with E-state index < -0.39 is 29.9 Å². The first kappa shape index (κ1) is 23.3. The molecule has 2 unspecified atom stereocenters. The zero-order valence-electron chi connectivity index (χ0n) is 19.9. The molecule has 2 aliphatic rings. The van der Waals surface area contributed by atoms with Crippen LogP contribution in [0.5, 0.6) is 5.75 Å². The van der Waals surface area contributed by atoms with E-state index in [0.29, 0.717) is 41.2 Å². The number of fused-ring (bicyclic) bond motifs is 2. The second-order valence-electron chi connectivity index (χ2n) is 8.86. The zero-order chi connectivity index (χ0) is 25.4. The van der Waals surface area contributed by atoms with Gasteiger partial charge in [0.1, 0.15) is 11.8 Å². The Balaban J connectivity index is 1.32. The zero-order valence-corrected chi connectivity index (χ0v) is 19.9. The summed E-state index contributed by atoms with van der Waals surface area (Å²) in [6, 6.07) is 20.5. The molecule has 0 saturated carbocycles. The van der Waals surface area contributed by atoms with E-state index in [9.17, 15) is 19.2 Å². The number of nitrogens with zero attached hydrogens (tertiary/aromatic N) is 2. The monoisotopic (exact) mass is 483 g/mol. The van der Waals surface area contributed by atoms with Gasteiger partial charge in [-0.2, -0.15) is 0 Å². The van der Waals surface area contributed by atoms with Gasteiger partial charge in [-0.05, 0) is 50.1 Å². The van der Waals surface area contributed by atoms with Gasteiger partial charge in [-0.1, -0.05) is 42.5 Å². The minimum atomic E-state index is -1.02. The number of rotatable bonds is 6. The Morgan fingerprint density at radius 3 is 2.25 bits per heavy atom. The summed E-state index contributed by atoms with van der Waals surface area (Å²) in [6.07, 6.45) is 0.0196. The molecule has 1 N–H and O–H groups in total. The van der Waals surface area contributed by atoms with Crippen LogP contribution in [-0.4, -0.2) is 47.2 Å². The predicted octanol–water partition coefficient (Wildman–Crippen LogP) is 3.67. The van der Waals surface area contributed by atoms with Crippen LogP contribution >= 0.6 is 0 Å². The number of benzene rings is 3. The first-order valence-corrected chi connectivity index (χ1v) is 11.8. The van der Waals surface area contributed by atoms with Crippen LogP contribution in [-0.2, 0) is 16.0 Å². The Labute approximate surface area is 208 Å². The largest absolute Gasteiger partial charge is 0.479 e. The number of ether oxygens (including phenoxy) is 1. The molecule has 4 amide bonds. The van der Waals surface area contributed by atoms with Crippen molar-refractivity contribution in [3.8, 4) is 5.75 Å². The molecular formula is C28H25N3O5. The van der Waals surface area contributed by atoms with Gasteiger partial charge in [-0.15, -0.1) is 0 Å². The molecule has 0 spiro atoms. The van der Waals surface area contributed by atoms with Crippen molar-refractivity contribution < 1.29 is 23.9 Å². The van der Waals surface area contributed by atoms with E-state index >= 15 is 0 Å². The van der Waals surface area contributed by atoms with Crippen molar-refractivity contribution in [3.05, 3.63) is 89.5 Å². The van der Waals surface area contributed by atoms with Gasteiger partial charge < -0.3 is 15.0 Å². The van der Waals surface area contributed by atoms with Crippen LogP contribution < -0.4 is 15.0 Å². The first-order valence-electron chi connectivity index (χ1n) is 11.8. The Kier molecular flexibility index (Phi) is 6.01. The molecule has 2 heterocycles. The summed E-state index contributed by atoms with van der Waals surface area (Å²) in [4.78, 5) is 53.9. The molecule has 8 heteroatoms. The third-order valence-corrected chi connectivity index (χ3v) is 6.49. The molecule has 5 rings (SSSR count). The highest BCUT2D eigenvalue weighted by molar-refractivity contribution is 6.23. The van der Waals surface area contributed by atoms with E-state index in [1.807, 2.05) is 30.3 Å². The maximum absolute atomic E-state index is 13.0. The average Bonchev–Trinajstić information content (AvgIpc) is 3.14. The van der Waals surface area contributed by atoms with Gasteiger partial charge in [-0.25, -0.2) is 0 Å². The van der Waals surface area contributed by atoms with E-state index in [-0.39, 0.29) is 5.91 Å². The molecule has 3 aromatic rings. The van der Waals surface area contributed by atoms with Crippen molar-refractivity contribution in [1.82, 2.24) is 4.90 Å². The number of carbonyl (C=O) groups excluding carboxylic acids is 4. The van der Waals surface area contributed by atoms with Crippen molar-refractivity contribution >= 4 is 35.0 Å². The summed E-state index contributed by atoms with van der Waals surface area (Å²) in [7, 11) is 0.